The number of aromatic nitrogens is 2. The summed E-state index contributed by atoms with van der Waals surface area (Å²) in [4.78, 5) is 38.3. The predicted octanol–water partition coefficient (Wildman–Crippen LogP) is 3.28. The lowest BCUT2D eigenvalue weighted by atomic mass is 10.2. The molecule has 0 bridgehead atoms. The van der Waals surface area contributed by atoms with Crippen molar-refractivity contribution in [1.29, 1.82) is 0 Å². The van der Waals surface area contributed by atoms with Gasteiger partial charge in [0.05, 0.1) is 36.4 Å². The Hall–Kier alpha value is -3.54. The molecule has 0 radical (unpaired) electrons. The molecule has 2 N–H and O–H groups in total. The average Bonchev–Trinajstić information content (AvgIpc) is 3.26. The molecule has 4 aromatic rings. The number of nitrogens with zero attached hydrogens (tertiary/aromatic N) is 1. The number of rotatable bonds is 7. The second-order valence-corrected chi connectivity index (χ2v) is 11.0. The molecule has 0 saturated carbocycles. The Bertz CT molecular complexity index is 1660. The molecule has 0 fully saturated rings. The summed E-state index contributed by atoms with van der Waals surface area (Å²) in [7, 11) is -1.44. The van der Waals surface area contributed by atoms with Gasteiger partial charge in [-0.05, 0) is 12.1 Å². The smallest absolute Gasteiger partial charge is 0.333 e. The molecule has 2 aromatic heterocycles. The van der Waals surface area contributed by atoms with E-state index in [1.807, 2.05) is 0 Å². The van der Waals surface area contributed by atoms with E-state index in [1.165, 1.54) is 25.7 Å². The summed E-state index contributed by atoms with van der Waals surface area (Å²) in [6.07, 6.45) is 0. The van der Waals surface area contributed by atoms with Crippen molar-refractivity contribution in [3.8, 4) is 22.9 Å². The lowest BCUT2D eigenvalue weighted by Crippen LogP contribution is -2.35. The minimum atomic E-state index is -3.90. The van der Waals surface area contributed by atoms with E-state index in [2.05, 4.69) is 4.98 Å². The van der Waals surface area contributed by atoms with Crippen molar-refractivity contribution in [2.24, 2.45) is 0 Å². The third-order valence-corrected chi connectivity index (χ3v) is 8.32. The summed E-state index contributed by atoms with van der Waals surface area (Å²) in [5.41, 5.74) is -2.86. The minimum Gasteiger partial charge on any atom is -0.496 e. The Morgan fingerprint density at radius 3 is 2.39 bits per heavy atom. The van der Waals surface area contributed by atoms with Crippen molar-refractivity contribution in [3.05, 3.63) is 73.5 Å². The molecule has 2 heterocycles. The maximum absolute atomic E-state index is 15.0. The molecule has 14 heteroatoms. The molecule has 0 amide bonds. The number of methoxy groups -OCH3 is 2. The van der Waals surface area contributed by atoms with Crippen LogP contribution in [0.5, 0.6) is 17.2 Å². The average molecular weight is 542 g/mol. The standard InChI is InChI=1S/C22H18F3N2O7PS/c1-32-15-5-4-11(23)19(25)10(15)8-34-17-7-14(12(24)6-16(17)33-2)27-20(28)18-13(26-22(27)29)9-36-21(18)35(3,30)31/h4-7,9H,8H2,1-3H3,(H,26,29)(H,30,31). The molecule has 36 heavy (non-hydrogen) atoms. The summed E-state index contributed by atoms with van der Waals surface area (Å²) in [5, 5.41) is 1.10. The molecule has 0 aliphatic heterocycles. The van der Waals surface area contributed by atoms with Gasteiger partial charge in [0.2, 0.25) is 7.37 Å². The van der Waals surface area contributed by atoms with Crippen molar-refractivity contribution in [1.82, 2.24) is 9.55 Å². The van der Waals surface area contributed by atoms with Gasteiger partial charge in [-0.15, -0.1) is 11.3 Å². The van der Waals surface area contributed by atoms with Crippen LogP contribution < -0.4 is 30.1 Å². The highest BCUT2D eigenvalue weighted by atomic mass is 32.1. The Labute approximate surface area is 204 Å². The van der Waals surface area contributed by atoms with Gasteiger partial charge >= 0.3 is 5.69 Å². The Morgan fingerprint density at radius 1 is 1.06 bits per heavy atom. The molecule has 0 aliphatic carbocycles. The molecule has 1 atom stereocenters. The van der Waals surface area contributed by atoms with Gasteiger partial charge in [0.25, 0.3) is 5.56 Å². The van der Waals surface area contributed by atoms with E-state index in [0.717, 1.165) is 36.2 Å². The number of thiophene rings is 1. The second-order valence-electron chi connectivity index (χ2n) is 7.56. The van der Waals surface area contributed by atoms with Crippen LogP contribution in [0.4, 0.5) is 13.2 Å². The van der Waals surface area contributed by atoms with Gasteiger partial charge in [-0.25, -0.2) is 22.5 Å². The van der Waals surface area contributed by atoms with Crippen LogP contribution >= 0.6 is 18.7 Å². The fraction of sp³-hybridized carbons (Fsp3) is 0.182. The van der Waals surface area contributed by atoms with Gasteiger partial charge in [0.1, 0.15) is 17.0 Å². The molecule has 1 unspecified atom stereocenters. The van der Waals surface area contributed by atoms with Crippen LogP contribution in [-0.4, -0.2) is 35.3 Å². The summed E-state index contributed by atoms with van der Waals surface area (Å²) in [6, 6.07) is 3.89. The predicted molar refractivity (Wildman–Crippen MR) is 127 cm³/mol. The summed E-state index contributed by atoms with van der Waals surface area (Å²) < 4.78 is 71.3. The number of H-pyrrole nitrogens is 1. The molecule has 0 saturated heterocycles. The SMILES string of the molecule is COc1cc(F)c(-n2c(=O)[nH]c3csc(P(C)(=O)O)c3c2=O)cc1OCc1c(OC)ccc(F)c1F. The highest BCUT2D eigenvalue weighted by Crippen LogP contribution is 2.39. The van der Waals surface area contributed by atoms with Crippen LogP contribution in [-0.2, 0) is 11.2 Å². The van der Waals surface area contributed by atoms with Gasteiger partial charge in [0.15, 0.2) is 29.0 Å². The number of hydrogen-bond acceptors (Lipinski definition) is 7. The second kappa shape index (κ2) is 9.49. The number of benzene rings is 2. The van der Waals surface area contributed by atoms with E-state index < -0.39 is 48.4 Å². The normalized spacial score (nSPS) is 13.0. The van der Waals surface area contributed by atoms with Crippen LogP contribution in [0.3, 0.4) is 0 Å². The van der Waals surface area contributed by atoms with Crippen LogP contribution in [0.2, 0.25) is 0 Å². The number of halogens is 3. The van der Waals surface area contributed by atoms with E-state index in [9.17, 15) is 27.8 Å². The highest BCUT2D eigenvalue weighted by Gasteiger charge is 2.26. The molecule has 0 spiro atoms. The first-order valence-electron chi connectivity index (χ1n) is 10.1. The molecule has 0 aliphatic rings. The first kappa shape index (κ1) is 25.5. The molecule has 190 valence electrons. The van der Waals surface area contributed by atoms with E-state index >= 15 is 4.39 Å². The van der Waals surface area contributed by atoms with Crippen molar-refractivity contribution in [2.75, 3.05) is 20.9 Å². The zero-order chi connectivity index (χ0) is 26.4. The fourth-order valence-electron chi connectivity index (χ4n) is 3.56. The first-order valence-corrected chi connectivity index (χ1v) is 13.1. The summed E-state index contributed by atoms with van der Waals surface area (Å²) in [6.45, 7) is 0.462. The van der Waals surface area contributed by atoms with Gasteiger partial charge in [-0.2, -0.15) is 0 Å². The monoisotopic (exact) mass is 542 g/mol. The zero-order valence-corrected chi connectivity index (χ0v) is 20.6. The van der Waals surface area contributed by atoms with Gasteiger partial charge < -0.3 is 24.1 Å². The Balaban J connectivity index is 1.87. The van der Waals surface area contributed by atoms with Crippen molar-refractivity contribution in [2.45, 2.75) is 6.61 Å². The molecular weight excluding hydrogens is 524 g/mol. The first-order chi connectivity index (χ1) is 17.0. The third-order valence-electron chi connectivity index (χ3n) is 5.23. The topological polar surface area (TPSA) is 120 Å². The van der Waals surface area contributed by atoms with E-state index in [4.69, 9.17) is 14.2 Å². The summed E-state index contributed by atoms with van der Waals surface area (Å²) in [5.74, 6) is -3.79. The van der Waals surface area contributed by atoms with Crippen LogP contribution in [0, 0.1) is 17.5 Å². The lowest BCUT2D eigenvalue weighted by molar-refractivity contribution is 0.269. The Kier molecular flexibility index (Phi) is 6.74. The van der Waals surface area contributed by atoms with E-state index in [0.29, 0.717) is 4.57 Å². The fourth-order valence-corrected chi connectivity index (χ4v) is 5.86. The maximum Gasteiger partial charge on any atom is 0.333 e. The maximum atomic E-state index is 15.0. The summed E-state index contributed by atoms with van der Waals surface area (Å²) >= 11 is 0.809. The highest BCUT2D eigenvalue weighted by molar-refractivity contribution is 7.72. The number of nitrogens with one attached hydrogen (secondary N) is 1. The zero-order valence-electron chi connectivity index (χ0n) is 18.9. The van der Waals surface area contributed by atoms with Crippen molar-refractivity contribution >= 4 is 34.2 Å². The Morgan fingerprint density at radius 2 is 1.75 bits per heavy atom. The third kappa shape index (κ3) is 4.41. The van der Waals surface area contributed by atoms with E-state index in [-0.39, 0.29) is 38.3 Å². The number of aromatic amines is 1. The van der Waals surface area contributed by atoms with Crippen molar-refractivity contribution in [3.63, 3.8) is 0 Å². The van der Waals surface area contributed by atoms with Gasteiger partial charge in [0, 0.05) is 24.2 Å². The minimum absolute atomic E-state index is 0.00805. The van der Waals surface area contributed by atoms with Gasteiger partial charge in [-0.1, -0.05) is 0 Å². The van der Waals surface area contributed by atoms with Crippen LogP contribution in [0.15, 0.2) is 39.2 Å². The quantitative estimate of drug-likeness (QED) is 0.344. The molecular formula is C22H18F3N2O7PS. The van der Waals surface area contributed by atoms with E-state index in [1.54, 1.807) is 0 Å². The largest absolute Gasteiger partial charge is 0.496 e. The number of ether oxygens (including phenoxy) is 3. The number of hydrogen-bond donors (Lipinski definition) is 2. The molecule has 4 rings (SSSR count). The molecule has 2 aromatic carbocycles. The van der Waals surface area contributed by atoms with Gasteiger partial charge in [-0.3, -0.25) is 9.36 Å². The van der Waals surface area contributed by atoms with Crippen LogP contribution in [0.1, 0.15) is 5.56 Å². The lowest BCUT2D eigenvalue weighted by Gasteiger charge is -2.16. The number of fused-ring (bicyclic) bond motifs is 1. The van der Waals surface area contributed by atoms with Crippen molar-refractivity contribution < 1.29 is 36.8 Å². The van der Waals surface area contributed by atoms with Crippen LogP contribution in [0.25, 0.3) is 16.6 Å². The molecule has 9 nitrogen and oxygen atoms in total.